The number of aromatic nitrogens is 2. The van der Waals surface area contributed by atoms with Crippen LogP contribution in [0.4, 0.5) is 0 Å². The number of benzene rings is 2. The smallest absolute Gasteiger partial charge is 0.209 e. The van der Waals surface area contributed by atoms with Crippen LogP contribution < -0.4 is 0 Å². The molecule has 1 aliphatic heterocycles. The molecule has 3 aromatic heterocycles. The van der Waals surface area contributed by atoms with Crippen molar-refractivity contribution < 1.29 is 8.83 Å². The van der Waals surface area contributed by atoms with Gasteiger partial charge in [0.15, 0.2) is 11.3 Å². The molecule has 0 unspecified atom stereocenters. The molecule has 0 radical (unpaired) electrons. The quantitative estimate of drug-likeness (QED) is 0.356. The van der Waals surface area contributed by atoms with E-state index in [1.54, 1.807) is 11.3 Å². The Morgan fingerprint density at radius 1 is 0.933 bits per heavy atom. The van der Waals surface area contributed by atoms with Gasteiger partial charge in [-0.1, -0.05) is 30.3 Å². The molecule has 30 heavy (non-hydrogen) atoms. The van der Waals surface area contributed by atoms with Gasteiger partial charge in [-0.25, -0.2) is 9.97 Å². The number of likely N-dealkylation sites (tertiary alicyclic amines) is 1. The monoisotopic (exact) mass is 415 g/mol. The summed E-state index contributed by atoms with van der Waals surface area (Å²) in [6.45, 7) is 2.83. The number of hydrogen-bond acceptors (Lipinski definition) is 6. The van der Waals surface area contributed by atoms with Crippen LogP contribution in [0, 0.1) is 0 Å². The summed E-state index contributed by atoms with van der Waals surface area (Å²) in [5.41, 5.74) is 3.65. The van der Waals surface area contributed by atoms with Crippen LogP contribution in [0.25, 0.3) is 33.5 Å². The molecule has 6 heteroatoms. The molecule has 0 N–H and O–H groups in total. The molecule has 0 bridgehead atoms. The fourth-order valence-corrected chi connectivity index (χ4v) is 5.19. The Kier molecular flexibility index (Phi) is 4.39. The summed E-state index contributed by atoms with van der Waals surface area (Å²) < 4.78 is 11.9. The Labute approximate surface area is 178 Å². The minimum atomic E-state index is 0.507. The summed E-state index contributed by atoms with van der Waals surface area (Å²) in [7, 11) is 0. The summed E-state index contributed by atoms with van der Waals surface area (Å²) in [5.74, 6) is 2.16. The van der Waals surface area contributed by atoms with Crippen molar-refractivity contribution in [2.75, 3.05) is 13.1 Å². The van der Waals surface area contributed by atoms with E-state index in [2.05, 4.69) is 27.4 Å². The van der Waals surface area contributed by atoms with Crippen molar-refractivity contribution >= 4 is 33.4 Å². The highest BCUT2D eigenvalue weighted by Crippen LogP contribution is 2.35. The second-order valence-electron chi connectivity index (χ2n) is 7.85. The van der Waals surface area contributed by atoms with Crippen LogP contribution >= 0.6 is 11.3 Å². The standard InChI is InChI=1S/C24H21N3O2S/c1-3-7-20-17(5-1)13-22(28-20)19-15-30-24(26-19)16-9-11-27(12-10-16)14-23-25-18-6-2-4-8-21(18)29-23/h1-8,13,15-16H,9-12,14H2. The van der Waals surface area contributed by atoms with Gasteiger partial charge in [-0.3, -0.25) is 4.90 Å². The van der Waals surface area contributed by atoms with Crippen LogP contribution in [-0.4, -0.2) is 28.0 Å². The molecule has 5 aromatic rings. The van der Waals surface area contributed by atoms with Crippen molar-refractivity contribution in [3.05, 3.63) is 70.9 Å². The summed E-state index contributed by atoms with van der Waals surface area (Å²) >= 11 is 1.75. The van der Waals surface area contributed by atoms with E-state index in [1.807, 2.05) is 42.5 Å². The second-order valence-corrected chi connectivity index (χ2v) is 8.73. The highest BCUT2D eigenvalue weighted by atomic mass is 32.1. The fraction of sp³-hybridized carbons (Fsp3) is 0.250. The minimum Gasteiger partial charge on any atom is -0.454 e. The molecule has 2 aromatic carbocycles. The molecule has 0 amide bonds. The van der Waals surface area contributed by atoms with Crippen LogP contribution in [0.15, 0.2) is 68.8 Å². The molecule has 5 nitrogen and oxygen atoms in total. The number of furan rings is 1. The first-order valence-corrected chi connectivity index (χ1v) is 11.2. The molecule has 6 rings (SSSR count). The zero-order chi connectivity index (χ0) is 19.9. The first-order chi connectivity index (χ1) is 14.8. The SMILES string of the molecule is c1ccc2oc(-c3csc(C4CCN(Cc5nc6ccccc6o5)CC4)n3)cc2c1. The van der Waals surface area contributed by atoms with Crippen molar-refractivity contribution in [3.63, 3.8) is 0 Å². The predicted octanol–water partition coefficient (Wildman–Crippen LogP) is 6.08. The van der Waals surface area contributed by atoms with Gasteiger partial charge in [-0.15, -0.1) is 11.3 Å². The number of rotatable bonds is 4. The van der Waals surface area contributed by atoms with Gasteiger partial charge in [0.2, 0.25) is 5.89 Å². The fourth-order valence-electron chi connectivity index (χ4n) is 4.21. The molecule has 0 spiro atoms. The lowest BCUT2D eigenvalue weighted by atomic mass is 9.97. The highest BCUT2D eigenvalue weighted by molar-refractivity contribution is 7.10. The molecule has 0 aliphatic carbocycles. The number of nitrogens with zero attached hydrogens (tertiary/aromatic N) is 3. The van der Waals surface area contributed by atoms with Gasteiger partial charge in [-0.2, -0.15) is 0 Å². The van der Waals surface area contributed by atoms with Crippen molar-refractivity contribution in [2.45, 2.75) is 25.3 Å². The Hall–Kier alpha value is -2.96. The number of thiazole rings is 1. The third-order valence-electron chi connectivity index (χ3n) is 5.83. The first kappa shape index (κ1) is 17.9. The maximum atomic E-state index is 5.98. The zero-order valence-electron chi connectivity index (χ0n) is 16.5. The first-order valence-electron chi connectivity index (χ1n) is 10.3. The number of para-hydroxylation sites is 3. The number of piperidine rings is 1. The van der Waals surface area contributed by atoms with Crippen molar-refractivity contribution in [1.82, 2.24) is 14.9 Å². The lowest BCUT2D eigenvalue weighted by Gasteiger charge is -2.29. The highest BCUT2D eigenvalue weighted by Gasteiger charge is 2.24. The molecule has 150 valence electrons. The Morgan fingerprint density at radius 3 is 2.57 bits per heavy atom. The molecular weight excluding hydrogens is 394 g/mol. The van der Waals surface area contributed by atoms with Crippen molar-refractivity contribution in [1.29, 1.82) is 0 Å². The summed E-state index contributed by atoms with van der Waals surface area (Å²) in [5, 5.41) is 4.46. The van der Waals surface area contributed by atoms with Gasteiger partial charge in [-0.05, 0) is 50.2 Å². The van der Waals surface area contributed by atoms with E-state index in [4.69, 9.17) is 13.8 Å². The van der Waals surface area contributed by atoms with E-state index >= 15 is 0 Å². The molecule has 1 saturated heterocycles. The number of fused-ring (bicyclic) bond motifs is 2. The topological polar surface area (TPSA) is 55.3 Å². The molecular formula is C24H21N3O2S. The third kappa shape index (κ3) is 3.32. The Bertz CT molecular complexity index is 1240. The number of hydrogen-bond donors (Lipinski definition) is 0. The van der Waals surface area contributed by atoms with E-state index in [-0.39, 0.29) is 0 Å². The van der Waals surface area contributed by atoms with Crippen LogP contribution in [0.3, 0.4) is 0 Å². The molecule has 1 fully saturated rings. The second kappa shape index (κ2) is 7.38. The summed E-state index contributed by atoms with van der Waals surface area (Å²) in [6, 6.07) is 18.1. The van der Waals surface area contributed by atoms with Crippen molar-refractivity contribution in [3.8, 4) is 11.5 Å². The summed E-state index contributed by atoms with van der Waals surface area (Å²) in [6.07, 6.45) is 2.21. The zero-order valence-corrected chi connectivity index (χ0v) is 17.3. The van der Waals surface area contributed by atoms with E-state index < -0.39 is 0 Å². The Morgan fingerprint density at radius 2 is 1.73 bits per heavy atom. The van der Waals surface area contributed by atoms with Crippen LogP contribution in [0.2, 0.25) is 0 Å². The molecule has 0 atom stereocenters. The lowest BCUT2D eigenvalue weighted by Crippen LogP contribution is -2.32. The van der Waals surface area contributed by atoms with Gasteiger partial charge in [0.05, 0.1) is 11.6 Å². The predicted molar refractivity (Wildman–Crippen MR) is 119 cm³/mol. The largest absolute Gasteiger partial charge is 0.454 e. The van der Waals surface area contributed by atoms with Crippen LogP contribution in [0.1, 0.15) is 29.7 Å². The van der Waals surface area contributed by atoms with E-state index in [0.29, 0.717) is 5.92 Å². The van der Waals surface area contributed by atoms with E-state index in [9.17, 15) is 0 Å². The van der Waals surface area contributed by atoms with E-state index in [0.717, 1.165) is 71.9 Å². The number of oxazole rings is 1. The Balaban J connectivity index is 1.12. The average molecular weight is 416 g/mol. The minimum absolute atomic E-state index is 0.507. The van der Waals surface area contributed by atoms with Gasteiger partial charge >= 0.3 is 0 Å². The van der Waals surface area contributed by atoms with Gasteiger partial charge < -0.3 is 8.83 Å². The van der Waals surface area contributed by atoms with E-state index in [1.165, 1.54) is 5.01 Å². The average Bonchev–Trinajstić information content (AvgIpc) is 3.51. The van der Waals surface area contributed by atoms with Gasteiger partial charge in [0, 0.05) is 16.7 Å². The normalized spacial score (nSPS) is 16.0. The third-order valence-corrected chi connectivity index (χ3v) is 6.84. The lowest BCUT2D eigenvalue weighted by molar-refractivity contribution is 0.189. The van der Waals surface area contributed by atoms with Gasteiger partial charge in [0.25, 0.3) is 0 Å². The van der Waals surface area contributed by atoms with Crippen LogP contribution in [0.5, 0.6) is 0 Å². The molecule has 1 aliphatic rings. The molecule has 0 saturated carbocycles. The van der Waals surface area contributed by atoms with Gasteiger partial charge in [0.1, 0.15) is 16.8 Å². The van der Waals surface area contributed by atoms with Crippen molar-refractivity contribution in [2.24, 2.45) is 0 Å². The maximum absolute atomic E-state index is 5.98. The van der Waals surface area contributed by atoms with Crippen LogP contribution in [-0.2, 0) is 6.54 Å². The summed E-state index contributed by atoms with van der Waals surface area (Å²) in [4.78, 5) is 11.9. The maximum Gasteiger partial charge on any atom is 0.209 e. The molecule has 4 heterocycles.